The van der Waals surface area contributed by atoms with Gasteiger partial charge in [-0.05, 0) is 17.7 Å². The van der Waals surface area contributed by atoms with Gasteiger partial charge in [0.1, 0.15) is 6.10 Å². The summed E-state index contributed by atoms with van der Waals surface area (Å²) in [7, 11) is 0. The number of benzene rings is 1. The first-order valence-corrected chi connectivity index (χ1v) is 6.12. The van der Waals surface area contributed by atoms with Crippen molar-refractivity contribution < 1.29 is 9.94 Å². The van der Waals surface area contributed by atoms with Crippen LogP contribution < -0.4 is 5.73 Å². The summed E-state index contributed by atoms with van der Waals surface area (Å²) in [5.74, 6) is 0.116. The minimum atomic E-state index is -0.345. The Bertz CT molecular complexity index is 439. The second kappa shape index (κ2) is 6.04. The van der Waals surface area contributed by atoms with Gasteiger partial charge in [-0.3, -0.25) is 4.90 Å². The number of hydrogen-bond acceptors (Lipinski definition) is 4. The molecule has 1 heterocycles. The average Bonchev–Trinajstić information content (AvgIpc) is 2.38. The second-order valence-corrected chi connectivity index (χ2v) is 4.69. The topological polar surface area (TPSA) is 71.1 Å². The maximum Gasteiger partial charge on any atom is 0.169 e. The first-order valence-electron chi connectivity index (χ1n) is 5.75. The standard InChI is InChI=1S/C12H16ClN3O2/c13-10-3-1-2-9(6-10)7-16-4-5-18-11(8-16)12(14)15-17/h1-3,6,11,17H,4-5,7-8H2,(H2,14,15). The van der Waals surface area contributed by atoms with Crippen molar-refractivity contribution in [2.75, 3.05) is 19.7 Å². The largest absolute Gasteiger partial charge is 0.409 e. The highest BCUT2D eigenvalue weighted by atomic mass is 35.5. The van der Waals surface area contributed by atoms with Gasteiger partial charge in [-0.1, -0.05) is 28.9 Å². The van der Waals surface area contributed by atoms with E-state index in [4.69, 9.17) is 27.3 Å². The molecule has 1 atom stereocenters. The van der Waals surface area contributed by atoms with Crippen LogP contribution in [0, 0.1) is 0 Å². The van der Waals surface area contributed by atoms with Gasteiger partial charge in [0.05, 0.1) is 6.61 Å². The first kappa shape index (κ1) is 13.1. The average molecular weight is 270 g/mol. The number of rotatable bonds is 3. The third-order valence-electron chi connectivity index (χ3n) is 2.89. The zero-order valence-electron chi connectivity index (χ0n) is 9.92. The Balaban J connectivity index is 1.97. The van der Waals surface area contributed by atoms with Crippen molar-refractivity contribution in [1.29, 1.82) is 0 Å². The monoisotopic (exact) mass is 269 g/mol. The number of halogens is 1. The van der Waals surface area contributed by atoms with Gasteiger partial charge in [-0.2, -0.15) is 0 Å². The summed E-state index contributed by atoms with van der Waals surface area (Å²) < 4.78 is 5.44. The molecule has 0 radical (unpaired) electrons. The number of morpholine rings is 1. The quantitative estimate of drug-likeness (QED) is 0.375. The molecule has 1 aliphatic heterocycles. The molecule has 2 rings (SSSR count). The Hall–Kier alpha value is -1.30. The van der Waals surface area contributed by atoms with Crippen LogP contribution in [0.15, 0.2) is 29.4 Å². The highest BCUT2D eigenvalue weighted by Crippen LogP contribution is 2.14. The second-order valence-electron chi connectivity index (χ2n) is 4.25. The Labute approximate surface area is 111 Å². The van der Waals surface area contributed by atoms with E-state index in [0.29, 0.717) is 13.2 Å². The van der Waals surface area contributed by atoms with Crippen molar-refractivity contribution in [3.63, 3.8) is 0 Å². The molecular formula is C12H16ClN3O2. The minimum Gasteiger partial charge on any atom is -0.409 e. The molecule has 1 aliphatic rings. The Kier molecular flexibility index (Phi) is 4.41. The van der Waals surface area contributed by atoms with Crippen molar-refractivity contribution in [2.45, 2.75) is 12.6 Å². The molecular weight excluding hydrogens is 254 g/mol. The molecule has 1 saturated heterocycles. The molecule has 0 saturated carbocycles. The van der Waals surface area contributed by atoms with Gasteiger partial charge in [0.25, 0.3) is 0 Å². The van der Waals surface area contributed by atoms with Crippen molar-refractivity contribution in [2.24, 2.45) is 10.9 Å². The predicted octanol–water partition coefficient (Wildman–Crippen LogP) is 1.29. The lowest BCUT2D eigenvalue weighted by atomic mass is 10.2. The van der Waals surface area contributed by atoms with Gasteiger partial charge in [0.2, 0.25) is 0 Å². The molecule has 0 aromatic heterocycles. The molecule has 1 aromatic rings. The van der Waals surface area contributed by atoms with Gasteiger partial charge in [-0.15, -0.1) is 0 Å². The molecule has 5 nitrogen and oxygen atoms in total. The third-order valence-corrected chi connectivity index (χ3v) is 3.13. The van der Waals surface area contributed by atoms with Gasteiger partial charge in [0.15, 0.2) is 5.84 Å². The highest BCUT2D eigenvalue weighted by molar-refractivity contribution is 6.30. The molecule has 6 heteroatoms. The summed E-state index contributed by atoms with van der Waals surface area (Å²) in [4.78, 5) is 2.19. The van der Waals surface area contributed by atoms with Crippen LogP contribution in [0.2, 0.25) is 5.02 Å². The molecule has 1 fully saturated rings. The Morgan fingerprint density at radius 1 is 1.61 bits per heavy atom. The Morgan fingerprint density at radius 3 is 3.17 bits per heavy atom. The van der Waals surface area contributed by atoms with E-state index in [1.165, 1.54) is 0 Å². The molecule has 98 valence electrons. The van der Waals surface area contributed by atoms with E-state index in [1.54, 1.807) is 0 Å². The summed E-state index contributed by atoms with van der Waals surface area (Å²) in [6.45, 7) is 2.78. The summed E-state index contributed by atoms with van der Waals surface area (Å²) in [6, 6.07) is 7.75. The zero-order chi connectivity index (χ0) is 13.0. The van der Waals surface area contributed by atoms with Crippen molar-refractivity contribution >= 4 is 17.4 Å². The summed E-state index contributed by atoms with van der Waals surface area (Å²) in [5.41, 5.74) is 6.70. The molecule has 3 N–H and O–H groups in total. The first-order chi connectivity index (χ1) is 8.69. The highest BCUT2D eigenvalue weighted by Gasteiger charge is 2.23. The van der Waals surface area contributed by atoms with Crippen molar-refractivity contribution in [3.05, 3.63) is 34.9 Å². The lowest BCUT2D eigenvalue weighted by Crippen LogP contribution is -2.48. The van der Waals surface area contributed by atoms with Crippen LogP contribution in [0.25, 0.3) is 0 Å². The van der Waals surface area contributed by atoms with Crippen LogP contribution in [0.5, 0.6) is 0 Å². The van der Waals surface area contributed by atoms with E-state index < -0.39 is 0 Å². The zero-order valence-corrected chi connectivity index (χ0v) is 10.7. The smallest absolute Gasteiger partial charge is 0.169 e. The van der Waals surface area contributed by atoms with Gasteiger partial charge in [-0.25, -0.2) is 0 Å². The van der Waals surface area contributed by atoms with Crippen LogP contribution in [0.4, 0.5) is 0 Å². The number of hydrogen-bond donors (Lipinski definition) is 2. The SMILES string of the molecule is NC(=NO)C1CN(Cc2cccc(Cl)c2)CCO1. The molecule has 0 aliphatic carbocycles. The predicted molar refractivity (Wildman–Crippen MR) is 69.9 cm³/mol. The Morgan fingerprint density at radius 2 is 2.44 bits per heavy atom. The fourth-order valence-corrected chi connectivity index (χ4v) is 2.20. The van der Waals surface area contributed by atoms with Crippen LogP contribution in [-0.4, -0.2) is 41.7 Å². The third kappa shape index (κ3) is 3.35. The maximum absolute atomic E-state index is 8.65. The number of amidine groups is 1. The van der Waals surface area contributed by atoms with Crippen LogP contribution >= 0.6 is 11.6 Å². The number of ether oxygens (including phenoxy) is 1. The molecule has 1 aromatic carbocycles. The van der Waals surface area contributed by atoms with Gasteiger partial charge >= 0.3 is 0 Å². The molecule has 18 heavy (non-hydrogen) atoms. The molecule has 0 bridgehead atoms. The summed E-state index contributed by atoms with van der Waals surface area (Å²) in [6.07, 6.45) is -0.345. The molecule has 1 unspecified atom stereocenters. The lowest BCUT2D eigenvalue weighted by molar-refractivity contribution is 0.00141. The van der Waals surface area contributed by atoms with Gasteiger partial charge in [0, 0.05) is 24.7 Å². The van der Waals surface area contributed by atoms with Crippen LogP contribution in [-0.2, 0) is 11.3 Å². The van der Waals surface area contributed by atoms with E-state index in [0.717, 1.165) is 23.7 Å². The van der Waals surface area contributed by atoms with Gasteiger partial charge < -0.3 is 15.7 Å². The number of nitrogens with zero attached hydrogens (tertiary/aromatic N) is 2. The van der Waals surface area contributed by atoms with E-state index in [9.17, 15) is 0 Å². The molecule has 0 spiro atoms. The lowest BCUT2D eigenvalue weighted by Gasteiger charge is -2.32. The normalized spacial score (nSPS) is 22.1. The number of nitrogens with two attached hydrogens (primary N) is 1. The summed E-state index contributed by atoms with van der Waals surface area (Å²) in [5, 5.41) is 12.4. The minimum absolute atomic E-state index is 0.116. The summed E-state index contributed by atoms with van der Waals surface area (Å²) >= 11 is 5.95. The van der Waals surface area contributed by atoms with E-state index >= 15 is 0 Å². The van der Waals surface area contributed by atoms with Crippen LogP contribution in [0.1, 0.15) is 5.56 Å². The molecule has 0 amide bonds. The maximum atomic E-state index is 8.65. The van der Waals surface area contributed by atoms with E-state index in [1.807, 2.05) is 24.3 Å². The van der Waals surface area contributed by atoms with Crippen molar-refractivity contribution in [1.82, 2.24) is 4.90 Å². The fourth-order valence-electron chi connectivity index (χ4n) is 1.98. The number of oxime groups is 1. The van der Waals surface area contributed by atoms with E-state index in [-0.39, 0.29) is 11.9 Å². The fraction of sp³-hybridized carbons (Fsp3) is 0.417. The van der Waals surface area contributed by atoms with Crippen molar-refractivity contribution in [3.8, 4) is 0 Å². The van der Waals surface area contributed by atoms with Crippen LogP contribution in [0.3, 0.4) is 0 Å². The van der Waals surface area contributed by atoms with E-state index in [2.05, 4.69) is 10.1 Å².